The zero-order valence-corrected chi connectivity index (χ0v) is 11.6. The van der Waals surface area contributed by atoms with Gasteiger partial charge in [0.05, 0.1) is 15.4 Å². The van der Waals surface area contributed by atoms with Gasteiger partial charge in [0.15, 0.2) is 5.78 Å². The highest BCUT2D eigenvalue weighted by molar-refractivity contribution is 7.18. The lowest BCUT2D eigenvalue weighted by Gasteiger charge is -2.21. The third-order valence-electron chi connectivity index (χ3n) is 3.71. The summed E-state index contributed by atoms with van der Waals surface area (Å²) >= 11 is 1.18. The van der Waals surface area contributed by atoms with Gasteiger partial charge in [0, 0.05) is 5.92 Å². The molecular weight excluding hydrogens is 272 g/mol. The van der Waals surface area contributed by atoms with E-state index in [0.717, 1.165) is 11.1 Å². The minimum absolute atomic E-state index is 0.0432. The zero-order valence-electron chi connectivity index (χ0n) is 10.8. The van der Waals surface area contributed by atoms with Crippen LogP contribution in [0.2, 0.25) is 0 Å². The standard InChI is InChI=1S/C15H14N2O2S/c16-14(19)11-10-7-6-9(8-4-2-1-3-5-8)12(18)13(10)20-15(11)17/h1-5,9H,6-7,17H2,(H2,16,19). The second kappa shape index (κ2) is 4.76. The van der Waals surface area contributed by atoms with Crippen molar-refractivity contribution in [1.29, 1.82) is 0 Å². The van der Waals surface area contributed by atoms with E-state index in [4.69, 9.17) is 11.5 Å². The smallest absolute Gasteiger partial charge is 0.251 e. The van der Waals surface area contributed by atoms with Crippen molar-refractivity contribution < 1.29 is 9.59 Å². The zero-order chi connectivity index (χ0) is 14.3. The number of benzene rings is 1. The van der Waals surface area contributed by atoms with Gasteiger partial charge in [-0.3, -0.25) is 9.59 Å². The Hall–Kier alpha value is -2.14. The highest BCUT2D eigenvalue weighted by Gasteiger charge is 2.34. The van der Waals surface area contributed by atoms with Crippen molar-refractivity contribution in [3.8, 4) is 0 Å². The lowest BCUT2D eigenvalue weighted by atomic mass is 9.82. The second-order valence-corrected chi connectivity index (χ2v) is 5.93. The maximum absolute atomic E-state index is 12.6. The number of ketones is 1. The molecular formula is C15H14N2O2S. The van der Waals surface area contributed by atoms with Gasteiger partial charge in [0.25, 0.3) is 5.91 Å². The third kappa shape index (κ3) is 1.91. The van der Waals surface area contributed by atoms with Crippen LogP contribution in [0.15, 0.2) is 30.3 Å². The van der Waals surface area contributed by atoms with E-state index in [9.17, 15) is 9.59 Å². The quantitative estimate of drug-likeness (QED) is 0.888. The number of Topliss-reactive ketones (excluding diaryl/α,β-unsaturated/α-hetero) is 1. The molecule has 2 aromatic rings. The van der Waals surface area contributed by atoms with Crippen LogP contribution in [-0.4, -0.2) is 11.7 Å². The Bertz CT molecular complexity index is 691. The fourth-order valence-corrected chi connectivity index (χ4v) is 3.89. The summed E-state index contributed by atoms with van der Waals surface area (Å²) in [5.41, 5.74) is 13.3. The maximum atomic E-state index is 12.6. The van der Waals surface area contributed by atoms with Crippen LogP contribution < -0.4 is 11.5 Å². The Morgan fingerprint density at radius 3 is 2.60 bits per heavy atom. The number of fused-ring (bicyclic) bond motifs is 1. The summed E-state index contributed by atoms with van der Waals surface area (Å²) in [6.07, 6.45) is 1.35. The molecule has 1 aliphatic carbocycles. The molecule has 5 heteroatoms. The van der Waals surface area contributed by atoms with E-state index in [2.05, 4.69) is 0 Å². The summed E-state index contributed by atoms with van der Waals surface area (Å²) < 4.78 is 0. The first kappa shape index (κ1) is 12.9. The molecule has 0 saturated heterocycles. The number of anilines is 1. The van der Waals surface area contributed by atoms with Gasteiger partial charge in [-0.15, -0.1) is 11.3 Å². The number of amides is 1. The monoisotopic (exact) mass is 286 g/mol. The molecule has 0 spiro atoms. The molecule has 1 atom stereocenters. The molecule has 0 saturated carbocycles. The molecule has 3 rings (SSSR count). The predicted molar refractivity (Wildman–Crippen MR) is 79.1 cm³/mol. The summed E-state index contributed by atoms with van der Waals surface area (Å²) in [5, 5.41) is 0.351. The van der Waals surface area contributed by atoms with Crippen LogP contribution in [0.5, 0.6) is 0 Å². The first-order valence-electron chi connectivity index (χ1n) is 6.39. The Kier molecular flexibility index (Phi) is 3.06. The van der Waals surface area contributed by atoms with Crippen molar-refractivity contribution >= 4 is 28.0 Å². The van der Waals surface area contributed by atoms with Crippen molar-refractivity contribution in [3.05, 3.63) is 51.9 Å². The van der Waals surface area contributed by atoms with E-state index in [1.807, 2.05) is 30.3 Å². The molecule has 0 fully saturated rings. The Morgan fingerprint density at radius 1 is 1.25 bits per heavy atom. The lowest BCUT2D eigenvalue weighted by Crippen LogP contribution is -2.22. The van der Waals surface area contributed by atoms with Crippen molar-refractivity contribution in [2.75, 3.05) is 5.73 Å². The number of hydrogen-bond acceptors (Lipinski definition) is 4. The number of carbonyl (C=O) groups excluding carboxylic acids is 2. The van der Waals surface area contributed by atoms with E-state index < -0.39 is 5.91 Å². The molecule has 1 heterocycles. The van der Waals surface area contributed by atoms with E-state index in [0.29, 0.717) is 28.3 Å². The van der Waals surface area contributed by atoms with E-state index in [-0.39, 0.29) is 11.7 Å². The van der Waals surface area contributed by atoms with Crippen LogP contribution in [0.1, 0.15) is 43.5 Å². The van der Waals surface area contributed by atoms with Crippen LogP contribution in [0, 0.1) is 0 Å². The largest absolute Gasteiger partial charge is 0.390 e. The van der Waals surface area contributed by atoms with Gasteiger partial charge >= 0.3 is 0 Å². The first-order chi connectivity index (χ1) is 9.59. The Balaban J connectivity index is 2.04. The summed E-state index contributed by atoms with van der Waals surface area (Å²) in [6, 6.07) is 9.70. The van der Waals surface area contributed by atoms with Crippen molar-refractivity contribution in [2.24, 2.45) is 5.73 Å². The third-order valence-corrected chi connectivity index (χ3v) is 4.78. The summed E-state index contributed by atoms with van der Waals surface area (Å²) in [6.45, 7) is 0. The van der Waals surface area contributed by atoms with Crippen LogP contribution in [-0.2, 0) is 6.42 Å². The van der Waals surface area contributed by atoms with E-state index >= 15 is 0 Å². The topological polar surface area (TPSA) is 86.2 Å². The van der Waals surface area contributed by atoms with Gasteiger partial charge in [0.1, 0.15) is 0 Å². The predicted octanol–water partition coefficient (Wildman–Crippen LogP) is 2.34. The Morgan fingerprint density at radius 2 is 1.95 bits per heavy atom. The van der Waals surface area contributed by atoms with Crippen LogP contribution in [0.3, 0.4) is 0 Å². The van der Waals surface area contributed by atoms with Crippen molar-refractivity contribution in [2.45, 2.75) is 18.8 Å². The number of nitrogens with two attached hydrogens (primary N) is 2. The molecule has 102 valence electrons. The summed E-state index contributed by atoms with van der Waals surface area (Å²) in [5.74, 6) is -0.657. The van der Waals surface area contributed by atoms with Gasteiger partial charge in [-0.25, -0.2) is 0 Å². The molecule has 1 aromatic heterocycles. The average Bonchev–Trinajstić information content (AvgIpc) is 2.77. The normalized spacial score (nSPS) is 17.8. The van der Waals surface area contributed by atoms with Crippen molar-refractivity contribution in [1.82, 2.24) is 0 Å². The molecule has 20 heavy (non-hydrogen) atoms. The summed E-state index contributed by atoms with van der Waals surface area (Å²) in [4.78, 5) is 24.7. The Labute approximate surface area is 120 Å². The fraction of sp³-hybridized carbons (Fsp3) is 0.200. The van der Waals surface area contributed by atoms with Crippen LogP contribution in [0.4, 0.5) is 5.00 Å². The van der Waals surface area contributed by atoms with Gasteiger partial charge in [-0.2, -0.15) is 0 Å². The molecule has 4 nitrogen and oxygen atoms in total. The van der Waals surface area contributed by atoms with Gasteiger partial charge in [0.2, 0.25) is 0 Å². The van der Waals surface area contributed by atoms with E-state index in [1.165, 1.54) is 11.3 Å². The van der Waals surface area contributed by atoms with Crippen molar-refractivity contribution in [3.63, 3.8) is 0 Å². The molecule has 4 N–H and O–H groups in total. The average molecular weight is 286 g/mol. The molecule has 1 unspecified atom stereocenters. The van der Waals surface area contributed by atoms with Crippen LogP contribution in [0.25, 0.3) is 0 Å². The van der Waals surface area contributed by atoms with Gasteiger partial charge < -0.3 is 11.5 Å². The number of rotatable bonds is 2. The fourth-order valence-electron chi connectivity index (χ4n) is 2.77. The van der Waals surface area contributed by atoms with Gasteiger partial charge in [-0.1, -0.05) is 30.3 Å². The van der Waals surface area contributed by atoms with Crippen LogP contribution >= 0.6 is 11.3 Å². The molecule has 1 aliphatic rings. The van der Waals surface area contributed by atoms with E-state index in [1.54, 1.807) is 0 Å². The molecule has 0 bridgehead atoms. The maximum Gasteiger partial charge on any atom is 0.251 e. The van der Waals surface area contributed by atoms with Gasteiger partial charge in [-0.05, 0) is 24.0 Å². The minimum Gasteiger partial charge on any atom is -0.390 e. The first-order valence-corrected chi connectivity index (χ1v) is 7.21. The number of thiophene rings is 1. The SMILES string of the molecule is NC(=O)c1c(N)sc2c1CCC(c1ccccc1)C2=O. The summed E-state index contributed by atoms with van der Waals surface area (Å²) in [7, 11) is 0. The molecule has 1 aromatic carbocycles. The molecule has 0 radical (unpaired) electrons. The number of primary amides is 1. The lowest BCUT2D eigenvalue weighted by molar-refractivity contribution is 0.0950. The highest BCUT2D eigenvalue weighted by Crippen LogP contribution is 2.40. The number of hydrogen-bond donors (Lipinski definition) is 2. The molecule has 1 amide bonds. The number of carbonyl (C=O) groups is 2. The minimum atomic E-state index is -0.550. The molecule has 0 aliphatic heterocycles. The highest BCUT2D eigenvalue weighted by atomic mass is 32.1. The second-order valence-electron chi connectivity index (χ2n) is 4.88. The number of nitrogen functional groups attached to an aromatic ring is 1.